The van der Waals surface area contributed by atoms with Crippen LogP contribution < -0.4 is 5.32 Å². The molecule has 26 heavy (non-hydrogen) atoms. The number of amides is 1. The Kier molecular flexibility index (Phi) is 5.17. The van der Waals surface area contributed by atoms with Gasteiger partial charge in [0.2, 0.25) is 6.10 Å². The first-order chi connectivity index (χ1) is 12.5. The fourth-order valence-corrected chi connectivity index (χ4v) is 2.51. The molecule has 5 nitrogen and oxygen atoms in total. The zero-order valence-corrected chi connectivity index (χ0v) is 14.6. The highest BCUT2D eigenvalue weighted by Gasteiger charge is 2.27. The Hall–Kier alpha value is -3.34. The average molecular weight is 349 g/mol. The van der Waals surface area contributed by atoms with Crippen LogP contribution in [0.3, 0.4) is 0 Å². The Morgan fingerprint density at radius 3 is 2.27 bits per heavy atom. The van der Waals surface area contributed by atoms with Crippen LogP contribution in [-0.4, -0.2) is 11.9 Å². The van der Waals surface area contributed by atoms with E-state index in [-0.39, 0.29) is 0 Å². The van der Waals surface area contributed by atoms with Gasteiger partial charge in [0, 0.05) is 11.3 Å². The van der Waals surface area contributed by atoms with Crippen LogP contribution in [0, 0.1) is 13.8 Å². The van der Waals surface area contributed by atoms with Crippen LogP contribution in [-0.2, 0) is 9.53 Å². The van der Waals surface area contributed by atoms with E-state index < -0.39 is 18.0 Å². The molecule has 0 spiro atoms. The number of nitrogens with one attached hydrogen (secondary N) is 1. The number of anilines is 1. The highest BCUT2D eigenvalue weighted by molar-refractivity contribution is 5.98. The third-order valence-electron chi connectivity index (χ3n) is 3.96. The first-order valence-corrected chi connectivity index (χ1v) is 8.22. The van der Waals surface area contributed by atoms with Gasteiger partial charge in [0.05, 0.1) is 6.26 Å². The van der Waals surface area contributed by atoms with Gasteiger partial charge in [0.1, 0.15) is 11.3 Å². The van der Waals surface area contributed by atoms with Gasteiger partial charge in [-0.1, -0.05) is 48.0 Å². The van der Waals surface area contributed by atoms with Crippen LogP contribution in [0.5, 0.6) is 0 Å². The molecule has 0 bridgehead atoms. The summed E-state index contributed by atoms with van der Waals surface area (Å²) >= 11 is 0. The molecule has 0 aliphatic carbocycles. The number of hydrogen-bond acceptors (Lipinski definition) is 4. The molecule has 0 saturated carbocycles. The van der Waals surface area contributed by atoms with Crippen LogP contribution in [0.25, 0.3) is 0 Å². The predicted octanol–water partition coefficient (Wildman–Crippen LogP) is 4.43. The summed E-state index contributed by atoms with van der Waals surface area (Å²) in [6, 6.07) is 17.8. The Labute approximate surface area is 151 Å². The molecule has 0 fully saturated rings. The van der Waals surface area contributed by atoms with Crippen LogP contribution >= 0.6 is 0 Å². The minimum atomic E-state index is -1.07. The lowest BCUT2D eigenvalue weighted by Crippen LogP contribution is -2.26. The van der Waals surface area contributed by atoms with E-state index in [2.05, 4.69) is 5.32 Å². The van der Waals surface area contributed by atoms with Gasteiger partial charge in [-0.2, -0.15) is 0 Å². The van der Waals surface area contributed by atoms with Crippen LogP contribution in [0.4, 0.5) is 5.69 Å². The van der Waals surface area contributed by atoms with Crippen molar-refractivity contribution in [2.24, 2.45) is 0 Å². The van der Waals surface area contributed by atoms with E-state index in [1.165, 1.54) is 12.3 Å². The van der Waals surface area contributed by atoms with Gasteiger partial charge >= 0.3 is 5.97 Å². The molecule has 3 rings (SSSR count). The van der Waals surface area contributed by atoms with Gasteiger partial charge in [-0.15, -0.1) is 0 Å². The zero-order valence-electron chi connectivity index (χ0n) is 14.6. The number of benzene rings is 2. The van der Waals surface area contributed by atoms with E-state index >= 15 is 0 Å². The fourth-order valence-electron chi connectivity index (χ4n) is 2.51. The minimum Gasteiger partial charge on any atom is -0.469 e. The molecule has 1 N–H and O–H groups in total. The summed E-state index contributed by atoms with van der Waals surface area (Å²) < 4.78 is 10.6. The van der Waals surface area contributed by atoms with E-state index in [0.717, 1.165) is 5.56 Å². The molecule has 132 valence electrons. The van der Waals surface area contributed by atoms with Gasteiger partial charge in [-0.25, -0.2) is 4.79 Å². The maximum Gasteiger partial charge on any atom is 0.342 e. The topological polar surface area (TPSA) is 68.5 Å². The summed E-state index contributed by atoms with van der Waals surface area (Å²) in [6.45, 7) is 3.63. The lowest BCUT2D eigenvalue weighted by molar-refractivity contribution is -0.125. The second-order valence-corrected chi connectivity index (χ2v) is 5.94. The van der Waals surface area contributed by atoms with Crippen molar-refractivity contribution in [3.8, 4) is 0 Å². The zero-order chi connectivity index (χ0) is 18.5. The Morgan fingerprint density at radius 1 is 0.962 bits per heavy atom. The van der Waals surface area contributed by atoms with Gasteiger partial charge < -0.3 is 14.5 Å². The van der Waals surface area contributed by atoms with Crippen molar-refractivity contribution in [3.05, 3.63) is 89.4 Å². The molecule has 0 unspecified atom stereocenters. The van der Waals surface area contributed by atoms with E-state index in [1.54, 1.807) is 43.3 Å². The van der Waals surface area contributed by atoms with Crippen molar-refractivity contribution >= 4 is 17.6 Å². The fraction of sp³-hybridized carbons (Fsp3) is 0.143. The summed E-state index contributed by atoms with van der Waals surface area (Å²) in [5, 5.41) is 2.79. The molecule has 1 aromatic heterocycles. The lowest BCUT2D eigenvalue weighted by atomic mass is 10.1. The predicted molar refractivity (Wildman–Crippen MR) is 97.9 cm³/mol. The molecule has 0 aliphatic rings. The Balaban J connectivity index is 1.83. The van der Waals surface area contributed by atoms with Crippen LogP contribution in [0.1, 0.15) is 33.3 Å². The number of aryl methyl sites for hydroxylation is 2. The Bertz CT molecular complexity index is 897. The van der Waals surface area contributed by atoms with Crippen molar-refractivity contribution in [2.45, 2.75) is 20.0 Å². The number of esters is 1. The molecular formula is C21H19NO4. The largest absolute Gasteiger partial charge is 0.469 e. The maximum atomic E-state index is 12.8. The summed E-state index contributed by atoms with van der Waals surface area (Å²) in [5.74, 6) is -0.584. The Morgan fingerprint density at radius 2 is 1.65 bits per heavy atom. The number of hydrogen-bond donors (Lipinski definition) is 1. The molecular weight excluding hydrogens is 330 g/mol. The number of carbonyl (C=O) groups excluding carboxylic acids is 2. The van der Waals surface area contributed by atoms with Crippen molar-refractivity contribution in [1.29, 1.82) is 0 Å². The SMILES string of the molecule is Cc1ccc(NC(=O)[C@H](OC(=O)c2ccoc2C)c2ccccc2)cc1. The van der Waals surface area contributed by atoms with Crippen molar-refractivity contribution < 1.29 is 18.7 Å². The molecule has 0 aliphatic heterocycles. The number of furan rings is 1. The van der Waals surface area contributed by atoms with Gasteiger partial charge in [0.15, 0.2) is 0 Å². The lowest BCUT2D eigenvalue weighted by Gasteiger charge is -2.18. The molecule has 0 radical (unpaired) electrons. The quantitative estimate of drug-likeness (QED) is 0.692. The first kappa shape index (κ1) is 17.5. The molecule has 5 heteroatoms. The van der Waals surface area contributed by atoms with E-state index in [4.69, 9.17) is 9.15 Å². The summed E-state index contributed by atoms with van der Waals surface area (Å²) in [4.78, 5) is 25.2. The van der Waals surface area contributed by atoms with Crippen molar-refractivity contribution in [1.82, 2.24) is 0 Å². The third kappa shape index (κ3) is 4.00. The first-order valence-electron chi connectivity index (χ1n) is 8.22. The van der Waals surface area contributed by atoms with Gasteiger partial charge in [-0.3, -0.25) is 4.79 Å². The second kappa shape index (κ2) is 7.70. The second-order valence-electron chi connectivity index (χ2n) is 5.94. The van der Waals surface area contributed by atoms with Crippen molar-refractivity contribution in [3.63, 3.8) is 0 Å². The summed E-state index contributed by atoms with van der Waals surface area (Å²) in [6.07, 6.45) is 0.342. The number of carbonyl (C=O) groups is 2. The van der Waals surface area contributed by atoms with E-state index in [0.29, 0.717) is 22.6 Å². The molecule has 3 aromatic rings. The van der Waals surface area contributed by atoms with E-state index in [1.807, 2.05) is 25.1 Å². The monoisotopic (exact) mass is 349 g/mol. The molecule has 1 amide bonds. The molecule has 0 saturated heterocycles. The van der Waals surface area contributed by atoms with Gasteiger partial charge in [0.25, 0.3) is 5.91 Å². The third-order valence-corrected chi connectivity index (χ3v) is 3.96. The maximum absolute atomic E-state index is 12.8. The smallest absolute Gasteiger partial charge is 0.342 e. The highest BCUT2D eigenvalue weighted by Crippen LogP contribution is 2.23. The van der Waals surface area contributed by atoms with Gasteiger partial charge in [-0.05, 0) is 32.0 Å². The molecule has 1 atom stereocenters. The normalized spacial score (nSPS) is 11.6. The van der Waals surface area contributed by atoms with E-state index in [9.17, 15) is 9.59 Å². The molecule has 1 heterocycles. The average Bonchev–Trinajstić information content (AvgIpc) is 3.08. The summed E-state index contributed by atoms with van der Waals surface area (Å²) in [7, 11) is 0. The van der Waals surface area contributed by atoms with Crippen LogP contribution in [0.2, 0.25) is 0 Å². The minimum absolute atomic E-state index is 0.300. The standard InChI is InChI=1S/C21H19NO4/c1-14-8-10-17(11-9-14)22-20(23)19(16-6-4-3-5-7-16)26-21(24)18-12-13-25-15(18)2/h3-13,19H,1-2H3,(H,22,23)/t19-/m1/s1. The van der Waals surface area contributed by atoms with Crippen LogP contribution in [0.15, 0.2) is 71.3 Å². The van der Waals surface area contributed by atoms with Crippen molar-refractivity contribution in [2.75, 3.05) is 5.32 Å². The number of rotatable bonds is 5. The number of ether oxygens (including phenoxy) is 1. The summed E-state index contributed by atoms with van der Waals surface area (Å²) in [5.41, 5.74) is 2.61. The highest BCUT2D eigenvalue weighted by atomic mass is 16.5. The molecule has 2 aromatic carbocycles.